The van der Waals surface area contributed by atoms with Crippen LogP contribution in [0.2, 0.25) is 0 Å². The van der Waals surface area contributed by atoms with Gasteiger partial charge in [-0.15, -0.1) is 0 Å². The van der Waals surface area contributed by atoms with Crippen LogP contribution in [0.4, 0.5) is 0 Å². The van der Waals surface area contributed by atoms with Crippen molar-refractivity contribution in [1.29, 1.82) is 0 Å². The standard InChI is InChI=1S/C16H16/c1-12-10-13-6-2-3-7-14(13)11-15-8-4-5-9-16(12)15/h2-9,12H,10-11H2,1H3. The molecular weight excluding hydrogens is 192 g/mol. The van der Waals surface area contributed by atoms with Gasteiger partial charge in [0, 0.05) is 0 Å². The lowest BCUT2D eigenvalue weighted by Crippen LogP contribution is -1.98. The Labute approximate surface area is 96.9 Å². The third kappa shape index (κ3) is 1.55. The van der Waals surface area contributed by atoms with Crippen molar-refractivity contribution < 1.29 is 0 Å². The van der Waals surface area contributed by atoms with E-state index < -0.39 is 0 Å². The molecule has 0 bridgehead atoms. The largest absolute Gasteiger partial charge is 0.0620 e. The first-order chi connectivity index (χ1) is 7.84. The first-order valence-corrected chi connectivity index (χ1v) is 5.99. The molecule has 16 heavy (non-hydrogen) atoms. The summed E-state index contributed by atoms with van der Waals surface area (Å²) in [4.78, 5) is 0. The molecule has 0 radical (unpaired) electrons. The van der Waals surface area contributed by atoms with E-state index in [1.807, 2.05) is 0 Å². The van der Waals surface area contributed by atoms with E-state index in [-0.39, 0.29) is 0 Å². The summed E-state index contributed by atoms with van der Waals surface area (Å²) in [6.07, 6.45) is 2.27. The van der Waals surface area contributed by atoms with Crippen LogP contribution in [0.1, 0.15) is 35.1 Å². The van der Waals surface area contributed by atoms with Crippen LogP contribution in [0, 0.1) is 0 Å². The molecule has 0 saturated heterocycles. The van der Waals surface area contributed by atoms with Crippen LogP contribution < -0.4 is 0 Å². The number of benzene rings is 2. The van der Waals surface area contributed by atoms with Gasteiger partial charge in [0.25, 0.3) is 0 Å². The highest BCUT2D eigenvalue weighted by molar-refractivity contribution is 5.42. The fourth-order valence-electron chi connectivity index (χ4n) is 2.75. The van der Waals surface area contributed by atoms with Gasteiger partial charge in [0.15, 0.2) is 0 Å². The van der Waals surface area contributed by atoms with E-state index >= 15 is 0 Å². The Morgan fingerprint density at radius 2 is 1.44 bits per heavy atom. The molecule has 1 aliphatic rings. The van der Waals surface area contributed by atoms with Gasteiger partial charge in [-0.05, 0) is 41.0 Å². The lowest BCUT2D eigenvalue weighted by Gasteiger charge is -2.11. The molecule has 2 aromatic rings. The van der Waals surface area contributed by atoms with Crippen molar-refractivity contribution in [1.82, 2.24) is 0 Å². The highest BCUT2D eigenvalue weighted by atomic mass is 14.2. The second kappa shape index (κ2) is 3.79. The Morgan fingerprint density at radius 1 is 0.812 bits per heavy atom. The summed E-state index contributed by atoms with van der Waals surface area (Å²) in [5.74, 6) is 0.639. The summed E-state index contributed by atoms with van der Waals surface area (Å²) in [5, 5.41) is 0. The Hall–Kier alpha value is -1.56. The summed E-state index contributed by atoms with van der Waals surface area (Å²) in [6.45, 7) is 2.33. The Morgan fingerprint density at radius 3 is 2.25 bits per heavy atom. The smallest absolute Gasteiger partial charge is 0.00202 e. The molecule has 3 rings (SSSR count). The van der Waals surface area contributed by atoms with Crippen LogP contribution in [0.25, 0.3) is 0 Å². The van der Waals surface area contributed by atoms with Crippen molar-refractivity contribution in [3.05, 3.63) is 70.8 Å². The third-order valence-electron chi connectivity index (χ3n) is 3.61. The summed E-state index contributed by atoms with van der Waals surface area (Å²) in [6, 6.07) is 17.7. The van der Waals surface area contributed by atoms with Crippen LogP contribution >= 0.6 is 0 Å². The van der Waals surface area contributed by atoms with Gasteiger partial charge in [0.2, 0.25) is 0 Å². The topological polar surface area (TPSA) is 0 Å². The van der Waals surface area contributed by atoms with Crippen LogP contribution in [-0.4, -0.2) is 0 Å². The third-order valence-corrected chi connectivity index (χ3v) is 3.61. The maximum atomic E-state index is 2.33. The molecule has 0 amide bonds. The molecule has 0 fully saturated rings. The summed E-state index contributed by atoms with van der Waals surface area (Å²) < 4.78 is 0. The zero-order valence-electron chi connectivity index (χ0n) is 9.61. The zero-order chi connectivity index (χ0) is 11.0. The molecule has 0 N–H and O–H groups in total. The highest BCUT2D eigenvalue weighted by Crippen LogP contribution is 2.31. The minimum Gasteiger partial charge on any atom is -0.0620 e. The Kier molecular flexibility index (Phi) is 2.28. The van der Waals surface area contributed by atoms with E-state index in [4.69, 9.17) is 0 Å². The number of rotatable bonds is 0. The van der Waals surface area contributed by atoms with Gasteiger partial charge >= 0.3 is 0 Å². The summed E-state index contributed by atoms with van der Waals surface area (Å²) >= 11 is 0. The summed E-state index contributed by atoms with van der Waals surface area (Å²) in [7, 11) is 0. The lowest BCUT2D eigenvalue weighted by atomic mass is 9.93. The van der Waals surface area contributed by atoms with E-state index in [2.05, 4.69) is 55.5 Å². The van der Waals surface area contributed by atoms with Gasteiger partial charge in [-0.2, -0.15) is 0 Å². The zero-order valence-corrected chi connectivity index (χ0v) is 9.61. The molecule has 0 heteroatoms. The second-order valence-electron chi connectivity index (χ2n) is 4.75. The van der Waals surface area contributed by atoms with Gasteiger partial charge in [-0.1, -0.05) is 55.5 Å². The molecule has 1 unspecified atom stereocenters. The normalized spacial score (nSPS) is 18.4. The molecule has 0 spiro atoms. The van der Waals surface area contributed by atoms with E-state index in [9.17, 15) is 0 Å². The average Bonchev–Trinajstić information content (AvgIpc) is 2.45. The first-order valence-electron chi connectivity index (χ1n) is 5.99. The fraction of sp³-hybridized carbons (Fsp3) is 0.250. The van der Waals surface area contributed by atoms with Crippen LogP contribution in [0.3, 0.4) is 0 Å². The van der Waals surface area contributed by atoms with Gasteiger partial charge in [0.1, 0.15) is 0 Å². The molecule has 1 aliphatic carbocycles. The molecular formula is C16H16. The average molecular weight is 208 g/mol. The fourth-order valence-corrected chi connectivity index (χ4v) is 2.75. The Bertz CT molecular complexity index is 511. The highest BCUT2D eigenvalue weighted by Gasteiger charge is 2.17. The molecule has 0 aromatic heterocycles. The predicted molar refractivity (Wildman–Crippen MR) is 67.8 cm³/mol. The van der Waals surface area contributed by atoms with E-state index in [1.54, 1.807) is 0 Å². The lowest BCUT2D eigenvalue weighted by molar-refractivity contribution is 0.761. The van der Waals surface area contributed by atoms with Crippen LogP contribution in [-0.2, 0) is 12.8 Å². The van der Waals surface area contributed by atoms with Crippen molar-refractivity contribution >= 4 is 0 Å². The van der Waals surface area contributed by atoms with Crippen LogP contribution in [0.15, 0.2) is 48.5 Å². The first kappa shape index (κ1) is 9.65. The van der Waals surface area contributed by atoms with Gasteiger partial charge < -0.3 is 0 Å². The number of hydrogen-bond donors (Lipinski definition) is 0. The van der Waals surface area contributed by atoms with Crippen molar-refractivity contribution in [2.75, 3.05) is 0 Å². The predicted octanol–water partition coefficient (Wildman–Crippen LogP) is 3.94. The minimum absolute atomic E-state index is 0.639. The van der Waals surface area contributed by atoms with E-state index in [0.717, 1.165) is 6.42 Å². The van der Waals surface area contributed by atoms with Gasteiger partial charge in [0.05, 0.1) is 0 Å². The molecule has 0 saturated carbocycles. The maximum Gasteiger partial charge on any atom is -0.00202 e. The molecule has 1 atom stereocenters. The summed E-state index contributed by atoms with van der Waals surface area (Å²) in [5.41, 5.74) is 6.05. The number of hydrogen-bond acceptors (Lipinski definition) is 0. The van der Waals surface area contributed by atoms with E-state index in [1.165, 1.54) is 28.7 Å². The maximum absolute atomic E-state index is 2.33. The Balaban J connectivity index is 2.15. The monoisotopic (exact) mass is 208 g/mol. The molecule has 0 nitrogen and oxygen atoms in total. The quantitative estimate of drug-likeness (QED) is 0.615. The van der Waals surface area contributed by atoms with Crippen molar-refractivity contribution in [2.24, 2.45) is 0 Å². The number of fused-ring (bicyclic) bond motifs is 2. The van der Waals surface area contributed by atoms with E-state index in [0.29, 0.717) is 5.92 Å². The molecule has 0 aliphatic heterocycles. The minimum atomic E-state index is 0.639. The van der Waals surface area contributed by atoms with Gasteiger partial charge in [-0.3, -0.25) is 0 Å². The van der Waals surface area contributed by atoms with Crippen molar-refractivity contribution in [2.45, 2.75) is 25.7 Å². The van der Waals surface area contributed by atoms with Crippen molar-refractivity contribution in [3.8, 4) is 0 Å². The van der Waals surface area contributed by atoms with Crippen LogP contribution in [0.5, 0.6) is 0 Å². The van der Waals surface area contributed by atoms with Crippen molar-refractivity contribution in [3.63, 3.8) is 0 Å². The SMILES string of the molecule is CC1Cc2ccccc2Cc2ccccc21. The second-order valence-corrected chi connectivity index (χ2v) is 4.75. The molecule has 80 valence electrons. The van der Waals surface area contributed by atoms with Gasteiger partial charge in [-0.25, -0.2) is 0 Å². The molecule has 0 heterocycles. The molecule has 2 aromatic carbocycles.